The van der Waals surface area contributed by atoms with Crippen molar-refractivity contribution in [1.29, 1.82) is 0 Å². The highest BCUT2D eigenvalue weighted by atomic mass is 16.2. The molecule has 3 heteroatoms. The second-order valence-corrected chi connectivity index (χ2v) is 5.48. The highest BCUT2D eigenvalue weighted by molar-refractivity contribution is 5.79. The molecule has 16 heavy (non-hydrogen) atoms. The van der Waals surface area contributed by atoms with Crippen LogP contribution in [0.3, 0.4) is 0 Å². The molecule has 3 nitrogen and oxygen atoms in total. The molecule has 92 valence electrons. The SMILES string of the molecule is CCCC1CC1NC(=O)[C@H]1CCN[C@@H](C)C1. The normalized spacial score (nSPS) is 38.1. The Balaban J connectivity index is 1.72. The van der Waals surface area contributed by atoms with E-state index in [1.54, 1.807) is 0 Å². The molecule has 0 spiro atoms. The molecule has 0 aromatic carbocycles. The highest BCUT2D eigenvalue weighted by Crippen LogP contribution is 2.35. The van der Waals surface area contributed by atoms with Gasteiger partial charge in [-0.2, -0.15) is 0 Å². The smallest absolute Gasteiger partial charge is 0.223 e. The maximum Gasteiger partial charge on any atom is 0.223 e. The summed E-state index contributed by atoms with van der Waals surface area (Å²) in [6, 6.07) is 0.993. The monoisotopic (exact) mass is 224 g/mol. The van der Waals surface area contributed by atoms with E-state index in [4.69, 9.17) is 0 Å². The zero-order chi connectivity index (χ0) is 11.5. The molecule has 0 aromatic rings. The first-order chi connectivity index (χ1) is 7.70. The van der Waals surface area contributed by atoms with Gasteiger partial charge >= 0.3 is 0 Å². The van der Waals surface area contributed by atoms with E-state index in [0.717, 1.165) is 25.3 Å². The van der Waals surface area contributed by atoms with Crippen molar-refractivity contribution in [1.82, 2.24) is 10.6 Å². The fourth-order valence-electron chi connectivity index (χ4n) is 2.78. The minimum Gasteiger partial charge on any atom is -0.353 e. The van der Waals surface area contributed by atoms with Crippen LogP contribution >= 0.6 is 0 Å². The van der Waals surface area contributed by atoms with Crippen molar-refractivity contribution in [2.24, 2.45) is 11.8 Å². The van der Waals surface area contributed by atoms with Gasteiger partial charge < -0.3 is 10.6 Å². The van der Waals surface area contributed by atoms with Gasteiger partial charge in [0.15, 0.2) is 0 Å². The number of rotatable bonds is 4. The number of nitrogens with one attached hydrogen (secondary N) is 2. The first-order valence-electron chi connectivity index (χ1n) is 6.74. The van der Waals surface area contributed by atoms with Gasteiger partial charge in [0.2, 0.25) is 5.91 Å². The van der Waals surface area contributed by atoms with Crippen LogP contribution in [0.5, 0.6) is 0 Å². The summed E-state index contributed by atoms with van der Waals surface area (Å²) < 4.78 is 0. The third-order valence-electron chi connectivity index (χ3n) is 3.90. The standard InChI is InChI=1S/C13H24N2O/c1-3-4-10-8-12(10)15-13(16)11-5-6-14-9(2)7-11/h9-12,14H,3-8H2,1-2H3,(H,15,16)/t9-,10?,11-,12?/m0/s1. The van der Waals surface area contributed by atoms with E-state index in [-0.39, 0.29) is 5.92 Å². The number of carbonyl (C=O) groups excluding carboxylic acids is 1. The second-order valence-electron chi connectivity index (χ2n) is 5.48. The second kappa shape index (κ2) is 5.17. The lowest BCUT2D eigenvalue weighted by atomic mass is 9.92. The van der Waals surface area contributed by atoms with Crippen LogP contribution in [-0.4, -0.2) is 24.5 Å². The number of carbonyl (C=O) groups is 1. The van der Waals surface area contributed by atoms with Gasteiger partial charge in [-0.05, 0) is 45.1 Å². The predicted molar refractivity (Wildman–Crippen MR) is 65.1 cm³/mol. The van der Waals surface area contributed by atoms with Gasteiger partial charge in [-0.3, -0.25) is 4.79 Å². The summed E-state index contributed by atoms with van der Waals surface area (Å²) in [5.74, 6) is 1.32. The minimum absolute atomic E-state index is 0.249. The molecule has 2 rings (SSSR count). The Labute approximate surface area is 98.4 Å². The van der Waals surface area contributed by atoms with Crippen molar-refractivity contribution in [2.45, 2.75) is 58.0 Å². The molecule has 2 N–H and O–H groups in total. The van der Waals surface area contributed by atoms with Crippen molar-refractivity contribution < 1.29 is 4.79 Å². The summed E-state index contributed by atoms with van der Waals surface area (Å²) in [6.45, 7) is 5.37. The van der Waals surface area contributed by atoms with Crippen LogP contribution in [0.4, 0.5) is 0 Å². The Morgan fingerprint density at radius 3 is 2.94 bits per heavy atom. The zero-order valence-corrected chi connectivity index (χ0v) is 10.5. The Kier molecular flexibility index (Phi) is 3.85. The first-order valence-corrected chi connectivity index (χ1v) is 6.74. The highest BCUT2D eigenvalue weighted by Gasteiger charge is 2.38. The van der Waals surface area contributed by atoms with E-state index in [2.05, 4.69) is 24.5 Å². The first kappa shape index (κ1) is 11.9. The van der Waals surface area contributed by atoms with E-state index in [1.807, 2.05) is 0 Å². The molecule has 2 aliphatic rings. The van der Waals surface area contributed by atoms with Gasteiger partial charge in [0.05, 0.1) is 0 Å². The summed E-state index contributed by atoms with van der Waals surface area (Å²) in [5, 5.41) is 6.60. The predicted octanol–water partition coefficient (Wildman–Crippen LogP) is 1.68. The molecule has 1 saturated carbocycles. The maximum atomic E-state index is 12.0. The molecule has 1 aliphatic heterocycles. The molecule has 1 saturated heterocycles. The molecular formula is C13H24N2O. The Bertz CT molecular complexity index is 254. The van der Waals surface area contributed by atoms with Gasteiger partial charge in [-0.1, -0.05) is 13.3 Å². The van der Waals surface area contributed by atoms with Crippen LogP contribution in [0.1, 0.15) is 46.0 Å². The van der Waals surface area contributed by atoms with Crippen LogP contribution in [0.15, 0.2) is 0 Å². The molecule has 0 radical (unpaired) electrons. The molecule has 1 heterocycles. The fourth-order valence-corrected chi connectivity index (χ4v) is 2.78. The molecule has 2 fully saturated rings. The lowest BCUT2D eigenvalue weighted by Crippen LogP contribution is -2.43. The summed E-state index contributed by atoms with van der Waals surface area (Å²) in [7, 11) is 0. The average molecular weight is 224 g/mol. The van der Waals surface area contributed by atoms with Gasteiger partial charge in [0, 0.05) is 18.0 Å². The molecule has 1 amide bonds. The van der Waals surface area contributed by atoms with Crippen LogP contribution < -0.4 is 10.6 Å². The largest absolute Gasteiger partial charge is 0.353 e. The van der Waals surface area contributed by atoms with Crippen molar-refractivity contribution in [3.8, 4) is 0 Å². The van der Waals surface area contributed by atoms with E-state index in [0.29, 0.717) is 18.0 Å². The maximum absolute atomic E-state index is 12.0. The van der Waals surface area contributed by atoms with Crippen LogP contribution in [-0.2, 0) is 4.79 Å². The van der Waals surface area contributed by atoms with Gasteiger partial charge in [0.1, 0.15) is 0 Å². The van der Waals surface area contributed by atoms with E-state index >= 15 is 0 Å². The van der Waals surface area contributed by atoms with Gasteiger partial charge in [-0.15, -0.1) is 0 Å². The van der Waals surface area contributed by atoms with Gasteiger partial charge in [0.25, 0.3) is 0 Å². The zero-order valence-electron chi connectivity index (χ0n) is 10.5. The fraction of sp³-hybridized carbons (Fsp3) is 0.923. The molecule has 0 aromatic heterocycles. The van der Waals surface area contributed by atoms with Crippen LogP contribution in [0, 0.1) is 11.8 Å². The lowest BCUT2D eigenvalue weighted by Gasteiger charge is -2.27. The van der Waals surface area contributed by atoms with E-state index in [1.165, 1.54) is 19.3 Å². The lowest BCUT2D eigenvalue weighted by molar-refractivity contribution is -0.126. The Hall–Kier alpha value is -0.570. The average Bonchev–Trinajstić information content (AvgIpc) is 2.97. The summed E-state index contributed by atoms with van der Waals surface area (Å²) in [6.07, 6.45) is 5.72. The van der Waals surface area contributed by atoms with Crippen molar-refractivity contribution in [3.63, 3.8) is 0 Å². The Morgan fingerprint density at radius 1 is 1.44 bits per heavy atom. The summed E-state index contributed by atoms with van der Waals surface area (Å²) in [4.78, 5) is 12.0. The summed E-state index contributed by atoms with van der Waals surface area (Å²) >= 11 is 0. The molecule has 4 atom stereocenters. The number of piperidine rings is 1. The van der Waals surface area contributed by atoms with E-state index < -0.39 is 0 Å². The number of hydrogen-bond donors (Lipinski definition) is 2. The molecule has 1 aliphatic carbocycles. The molecule has 0 bridgehead atoms. The van der Waals surface area contributed by atoms with Crippen LogP contribution in [0.2, 0.25) is 0 Å². The topological polar surface area (TPSA) is 41.1 Å². The third kappa shape index (κ3) is 2.97. The Morgan fingerprint density at radius 2 is 2.25 bits per heavy atom. The van der Waals surface area contributed by atoms with E-state index in [9.17, 15) is 4.79 Å². The van der Waals surface area contributed by atoms with Gasteiger partial charge in [-0.25, -0.2) is 0 Å². The van der Waals surface area contributed by atoms with Crippen molar-refractivity contribution >= 4 is 5.91 Å². The van der Waals surface area contributed by atoms with Crippen molar-refractivity contribution in [3.05, 3.63) is 0 Å². The minimum atomic E-state index is 0.249. The van der Waals surface area contributed by atoms with Crippen LogP contribution in [0.25, 0.3) is 0 Å². The quantitative estimate of drug-likeness (QED) is 0.763. The molecule has 2 unspecified atom stereocenters. The summed E-state index contributed by atoms with van der Waals surface area (Å²) in [5.41, 5.74) is 0. The number of amides is 1. The molecular weight excluding hydrogens is 200 g/mol. The van der Waals surface area contributed by atoms with Crippen molar-refractivity contribution in [2.75, 3.05) is 6.54 Å². The number of hydrogen-bond acceptors (Lipinski definition) is 2. The third-order valence-corrected chi connectivity index (χ3v) is 3.90.